The zero-order valence-electron chi connectivity index (χ0n) is 10.4. The highest BCUT2D eigenvalue weighted by Crippen LogP contribution is 2.33. The molecule has 0 saturated carbocycles. The molecule has 0 aliphatic carbocycles. The minimum absolute atomic E-state index is 0.127. The lowest BCUT2D eigenvalue weighted by molar-refractivity contribution is -0.138. The number of hydrogen-bond acceptors (Lipinski definition) is 2. The Hall–Kier alpha value is -1.56. The van der Waals surface area contributed by atoms with Crippen molar-refractivity contribution < 1.29 is 18.0 Å². The molecular formula is C12H15F3N2O. The van der Waals surface area contributed by atoms with Crippen molar-refractivity contribution in [2.45, 2.75) is 26.1 Å². The Balaban J connectivity index is 2.96. The topological polar surface area (TPSA) is 41.1 Å². The average molecular weight is 260 g/mol. The quantitative estimate of drug-likeness (QED) is 0.877. The summed E-state index contributed by atoms with van der Waals surface area (Å²) < 4.78 is 38.0. The third-order valence-corrected chi connectivity index (χ3v) is 2.64. The number of alkyl halides is 3. The summed E-state index contributed by atoms with van der Waals surface area (Å²) in [7, 11) is 1.60. The SMILES string of the molecule is CNC(C)C(=O)Nc1ccc(C)c(C(F)(F)F)c1. The molecule has 100 valence electrons. The van der Waals surface area contributed by atoms with Gasteiger partial charge < -0.3 is 10.6 Å². The second-order valence-corrected chi connectivity index (χ2v) is 4.03. The first-order valence-electron chi connectivity index (χ1n) is 5.41. The summed E-state index contributed by atoms with van der Waals surface area (Å²) in [5, 5.41) is 5.14. The summed E-state index contributed by atoms with van der Waals surface area (Å²) in [6.07, 6.45) is -4.42. The van der Waals surface area contributed by atoms with E-state index in [0.29, 0.717) is 0 Å². The molecule has 0 fully saturated rings. The highest BCUT2D eigenvalue weighted by atomic mass is 19.4. The fourth-order valence-electron chi connectivity index (χ4n) is 1.39. The Morgan fingerprint density at radius 2 is 1.94 bits per heavy atom. The summed E-state index contributed by atoms with van der Waals surface area (Å²) in [6.45, 7) is 3.00. The number of benzene rings is 1. The zero-order valence-corrected chi connectivity index (χ0v) is 10.4. The van der Waals surface area contributed by atoms with Crippen LogP contribution in [0.3, 0.4) is 0 Å². The molecule has 0 spiro atoms. The number of nitrogens with one attached hydrogen (secondary N) is 2. The number of likely N-dealkylation sites (N-methyl/N-ethyl adjacent to an activating group) is 1. The number of rotatable bonds is 3. The third-order valence-electron chi connectivity index (χ3n) is 2.64. The molecule has 18 heavy (non-hydrogen) atoms. The number of carbonyl (C=O) groups is 1. The van der Waals surface area contributed by atoms with Crippen LogP contribution >= 0.6 is 0 Å². The van der Waals surface area contributed by atoms with E-state index in [1.807, 2.05) is 0 Å². The van der Waals surface area contributed by atoms with Crippen LogP contribution in [-0.4, -0.2) is 19.0 Å². The van der Waals surface area contributed by atoms with Gasteiger partial charge >= 0.3 is 6.18 Å². The first kappa shape index (κ1) is 14.5. The molecule has 0 bridgehead atoms. The van der Waals surface area contributed by atoms with E-state index in [2.05, 4.69) is 10.6 Å². The first-order chi connectivity index (χ1) is 8.25. The van der Waals surface area contributed by atoms with Crippen molar-refractivity contribution in [3.63, 3.8) is 0 Å². The van der Waals surface area contributed by atoms with Crippen LogP contribution in [0.2, 0.25) is 0 Å². The van der Waals surface area contributed by atoms with Crippen molar-refractivity contribution in [3.05, 3.63) is 29.3 Å². The molecule has 0 heterocycles. The van der Waals surface area contributed by atoms with Gasteiger partial charge in [-0.2, -0.15) is 13.2 Å². The lowest BCUT2D eigenvalue weighted by atomic mass is 10.1. The van der Waals surface area contributed by atoms with Gasteiger partial charge in [-0.25, -0.2) is 0 Å². The van der Waals surface area contributed by atoms with Crippen molar-refractivity contribution >= 4 is 11.6 Å². The number of amides is 1. The zero-order chi connectivity index (χ0) is 13.9. The van der Waals surface area contributed by atoms with Crippen LogP contribution in [0.4, 0.5) is 18.9 Å². The minimum Gasteiger partial charge on any atom is -0.325 e. The molecule has 0 radical (unpaired) electrons. The predicted molar refractivity (Wildman–Crippen MR) is 63.3 cm³/mol. The molecule has 3 nitrogen and oxygen atoms in total. The Labute approximate surface area is 103 Å². The van der Waals surface area contributed by atoms with Crippen LogP contribution in [0.15, 0.2) is 18.2 Å². The van der Waals surface area contributed by atoms with E-state index in [4.69, 9.17) is 0 Å². The molecule has 1 aromatic rings. The number of hydrogen-bond donors (Lipinski definition) is 2. The second kappa shape index (κ2) is 5.39. The molecule has 1 atom stereocenters. The maximum atomic E-state index is 12.7. The monoisotopic (exact) mass is 260 g/mol. The largest absolute Gasteiger partial charge is 0.416 e. The van der Waals surface area contributed by atoms with E-state index in [1.165, 1.54) is 19.1 Å². The molecule has 1 unspecified atom stereocenters. The average Bonchev–Trinajstić information content (AvgIpc) is 2.29. The van der Waals surface area contributed by atoms with Crippen molar-refractivity contribution in [2.75, 3.05) is 12.4 Å². The summed E-state index contributed by atoms with van der Waals surface area (Å²) >= 11 is 0. The molecule has 0 aliphatic rings. The normalized spacial score (nSPS) is 13.2. The molecule has 1 rings (SSSR count). The smallest absolute Gasteiger partial charge is 0.325 e. The van der Waals surface area contributed by atoms with Crippen molar-refractivity contribution in [3.8, 4) is 0 Å². The summed E-state index contributed by atoms with van der Waals surface area (Å²) in [5.41, 5.74) is -0.473. The van der Waals surface area contributed by atoms with E-state index in [1.54, 1.807) is 14.0 Å². The Bertz CT molecular complexity index is 443. The van der Waals surface area contributed by atoms with Gasteiger partial charge in [0.25, 0.3) is 0 Å². The minimum atomic E-state index is -4.42. The van der Waals surface area contributed by atoms with Crippen LogP contribution in [0.1, 0.15) is 18.1 Å². The Morgan fingerprint density at radius 3 is 2.44 bits per heavy atom. The van der Waals surface area contributed by atoms with E-state index in [9.17, 15) is 18.0 Å². The maximum absolute atomic E-state index is 12.7. The number of halogens is 3. The van der Waals surface area contributed by atoms with Gasteiger partial charge in [0.2, 0.25) is 5.91 Å². The van der Waals surface area contributed by atoms with Crippen LogP contribution in [0, 0.1) is 6.92 Å². The van der Waals surface area contributed by atoms with E-state index < -0.39 is 17.8 Å². The molecule has 2 N–H and O–H groups in total. The fourth-order valence-corrected chi connectivity index (χ4v) is 1.39. The van der Waals surface area contributed by atoms with Crippen molar-refractivity contribution in [2.24, 2.45) is 0 Å². The van der Waals surface area contributed by atoms with Gasteiger partial charge in [-0.3, -0.25) is 4.79 Å². The number of anilines is 1. The third kappa shape index (κ3) is 3.46. The van der Waals surface area contributed by atoms with Crippen LogP contribution in [-0.2, 0) is 11.0 Å². The van der Waals surface area contributed by atoms with E-state index >= 15 is 0 Å². The molecule has 1 amide bonds. The van der Waals surface area contributed by atoms with Gasteiger partial charge in [-0.15, -0.1) is 0 Å². The van der Waals surface area contributed by atoms with Gasteiger partial charge in [0.15, 0.2) is 0 Å². The molecule has 0 aliphatic heterocycles. The van der Waals surface area contributed by atoms with Crippen molar-refractivity contribution in [1.29, 1.82) is 0 Å². The second-order valence-electron chi connectivity index (χ2n) is 4.03. The summed E-state index contributed by atoms with van der Waals surface area (Å²) in [6, 6.07) is 3.25. The molecule has 6 heteroatoms. The molecule has 0 saturated heterocycles. The Morgan fingerprint density at radius 1 is 1.33 bits per heavy atom. The lowest BCUT2D eigenvalue weighted by Gasteiger charge is -2.14. The fraction of sp³-hybridized carbons (Fsp3) is 0.417. The van der Waals surface area contributed by atoms with Crippen LogP contribution in [0.25, 0.3) is 0 Å². The van der Waals surface area contributed by atoms with Gasteiger partial charge in [0, 0.05) is 5.69 Å². The molecule has 1 aromatic carbocycles. The lowest BCUT2D eigenvalue weighted by Crippen LogP contribution is -2.35. The van der Waals surface area contributed by atoms with Gasteiger partial charge in [0.1, 0.15) is 0 Å². The molecule has 0 aromatic heterocycles. The van der Waals surface area contributed by atoms with Crippen LogP contribution in [0.5, 0.6) is 0 Å². The highest BCUT2D eigenvalue weighted by Gasteiger charge is 2.32. The van der Waals surface area contributed by atoms with Crippen molar-refractivity contribution in [1.82, 2.24) is 5.32 Å². The highest BCUT2D eigenvalue weighted by molar-refractivity contribution is 5.94. The van der Waals surface area contributed by atoms with E-state index in [0.717, 1.165) is 6.07 Å². The predicted octanol–water partition coefficient (Wildman–Crippen LogP) is 2.56. The van der Waals surface area contributed by atoms with Gasteiger partial charge in [-0.05, 0) is 38.6 Å². The maximum Gasteiger partial charge on any atom is 0.416 e. The summed E-state index contributed by atoms with van der Waals surface area (Å²) in [4.78, 5) is 11.5. The van der Waals surface area contributed by atoms with Gasteiger partial charge in [0.05, 0.1) is 11.6 Å². The number of aryl methyl sites for hydroxylation is 1. The molecular weight excluding hydrogens is 245 g/mol. The first-order valence-corrected chi connectivity index (χ1v) is 5.41. The standard InChI is InChI=1S/C12H15F3N2O/c1-7-4-5-9(6-10(7)12(13,14)15)17-11(18)8(2)16-3/h4-6,8,16H,1-3H3,(H,17,18). The number of carbonyl (C=O) groups excluding carboxylic acids is 1. The van der Waals surface area contributed by atoms with E-state index in [-0.39, 0.29) is 17.2 Å². The Kier molecular flexibility index (Phi) is 4.34. The van der Waals surface area contributed by atoms with Crippen LogP contribution < -0.4 is 10.6 Å². The summed E-state index contributed by atoms with van der Waals surface area (Å²) in [5.74, 6) is -0.380. The van der Waals surface area contributed by atoms with Gasteiger partial charge in [-0.1, -0.05) is 6.07 Å².